The van der Waals surface area contributed by atoms with Crippen molar-refractivity contribution >= 4 is 110 Å². The summed E-state index contributed by atoms with van der Waals surface area (Å²) in [5, 5.41) is 4.58. The molecular weight excluding hydrogens is 809 g/mol. The topological polar surface area (TPSA) is 48.5 Å². The molecule has 67 heavy (non-hydrogen) atoms. The number of fused-ring (bicyclic) bond motifs is 7. The van der Waals surface area contributed by atoms with Gasteiger partial charge < -0.3 is 4.57 Å². The molecule has 0 N–H and O–H groups in total. The van der Waals surface area contributed by atoms with Crippen molar-refractivity contribution < 1.29 is 0 Å². The van der Waals surface area contributed by atoms with E-state index in [0.717, 1.165) is 71.7 Å². The van der Waals surface area contributed by atoms with Gasteiger partial charge in [0, 0.05) is 38.2 Å². The number of rotatable bonds is 7. The zero-order valence-electron chi connectivity index (χ0n) is 38.2. The van der Waals surface area contributed by atoms with E-state index in [1.54, 1.807) is 0 Å². The molecule has 0 atom stereocenters. The first-order valence-electron chi connectivity index (χ1n) is 23.0. The smallest absolute Gasteiger partial charge is 0.238 e. The molecule has 0 aliphatic carbocycles. The van der Waals surface area contributed by atoms with Crippen LogP contribution < -0.4 is 27.3 Å². The molecule has 9 aromatic carbocycles. The number of hydrogen-bond donors (Lipinski definition) is 0. The summed E-state index contributed by atoms with van der Waals surface area (Å²) in [6.45, 7) is 0. The van der Waals surface area contributed by atoms with Crippen LogP contribution in [0.25, 0.3) is 111 Å². The van der Waals surface area contributed by atoms with Crippen molar-refractivity contribution in [3.05, 3.63) is 194 Å². The van der Waals surface area contributed by atoms with Gasteiger partial charge in [0.15, 0.2) is 11.6 Å². The van der Waals surface area contributed by atoms with Crippen LogP contribution in [0.5, 0.6) is 0 Å². The van der Waals surface area contributed by atoms with Crippen molar-refractivity contribution in [3.8, 4) is 67.8 Å². The molecule has 0 spiro atoms. The van der Waals surface area contributed by atoms with Gasteiger partial charge in [-0.25, -0.2) is 4.98 Å². The molecule has 0 amide bonds. The SMILES string of the molecule is Bc1c(B)c(B)c(-c2cccc(-n3c4ccccc4c4ccc5c6ccccc6n(-c6nc(-c7ccccc7)nc(-c7ccc(-c8ccccc8)cc7)n6)c5c43)c2-c2ccccc2)c(B)c1B. The molecule has 310 valence electrons. The van der Waals surface area contributed by atoms with Gasteiger partial charge in [-0.05, 0) is 46.0 Å². The van der Waals surface area contributed by atoms with Crippen LogP contribution in [0, 0.1) is 0 Å². The number of benzene rings is 9. The van der Waals surface area contributed by atoms with E-state index < -0.39 is 0 Å². The second kappa shape index (κ2) is 16.1. The number of hydrogen-bond acceptors (Lipinski definition) is 3. The summed E-state index contributed by atoms with van der Waals surface area (Å²) < 4.78 is 4.79. The fraction of sp³-hybridized carbons (Fsp3) is 0. The van der Waals surface area contributed by atoms with Crippen LogP contribution in [0.4, 0.5) is 0 Å². The van der Waals surface area contributed by atoms with E-state index in [1.807, 2.05) is 24.3 Å². The normalized spacial score (nSPS) is 11.6. The van der Waals surface area contributed by atoms with Crippen molar-refractivity contribution in [3.63, 3.8) is 0 Å². The molecule has 0 aliphatic rings. The highest BCUT2D eigenvalue weighted by atomic mass is 15.2. The first-order valence-corrected chi connectivity index (χ1v) is 23.0. The van der Waals surface area contributed by atoms with E-state index >= 15 is 0 Å². The predicted molar refractivity (Wildman–Crippen MR) is 297 cm³/mol. The third kappa shape index (κ3) is 6.50. The van der Waals surface area contributed by atoms with Crippen LogP contribution in [0.3, 0.4) is 0 Å². The monoisotopic (exact) mass is 851 g/mol. The lowest BCUT2D eigenvalue weighted by Crippen LogP contribution is -2.55. The van der Waals surface area contributed by atoms with Gasteiger partial charge in [0.05, 0.1) is 27.8 Å². The maximum absolute atomic E-state index is 5.43. The Morgan fingerprint density at radius 3 is 1.31 bits per heavy atom. The lowest BCUT2D eigenvalue weighted by atomic mass is 9.59. The van der Waals surface area contributed by atoms with Crippen molar-refractivity contribution in [2.75, 3.05) is 0 Å². The van der Waals surface area contributed by atoms with Gasteiger partial charge in [-0.1, -0.05) is 187 Å². The van der Waals surface area contributed by atoms with Gasteiger partial charge in [-0.2, -0.15) is 9.97 Å². The summed E-state index contributed by atoms with van der Waals surface area (Å²) >= 11 is 0. The molecule has 10 heteroatoms. The van der Waals surface area contributed by atoms with Crippen LogP contribution in [0.15, 0.2) is 194 Å². The number of nitrogens with zero attached hydrogens (tertiary/aromatic N) is 5. The zero-order valence-corrected chi connectivity index (χ0v) is 38.2. The van der Waals surface area contributed by atoms with Gasteiger partial charge in [0.25, 0.3) is 0 Å². The predicted octanol–water partition coefficient (Wildman–Crippen LogP) is 5.69. The largest absolute Gasteiger partial charge is 0.307 e. The Labute approximate surface area is 394 Å². The maximum atomic E-state index is 5.43. The molecular formula is C57H42B5N5. The van der Waals surface area contributed by atoms with Crippen LogP contribution in [-0.4, -0.2) is 63.3 Å². The van der Waals surface area contributed by atoms with Crippen molar-refractivity contribution in [2.45, 2.75) is 0 Å². The Hall–Kier alpha value is -8.09. The van der Waals surface area contributed by atoms with E-state index in [4.69, 9.17) is 15.0 Å². The highest BCUT2D eigenvalue weighted by molar-refractivity contribution is 6.68. The van der Waals surface area contributed by atoms with Crippen LogP contribution in [0.2, 0.25) is 0 Å². The number of aromatic nitrogens is 5. The Kier molecular flexibility index (Phi) is 9.72. The molecule has 12 rings (SSSR count). The fourth-order valence-electron chi connectivity index (χ4n) is 10.5. The lowest BCUT2D eigenvalue weighted by Gasteiger charge is -2.24. The molecule has 0 unspecified atom stereocenters. The second-order valence-electron chi connectivity index (χ2n) is 17.7. The highest BCUT2D eigenvalue weighted by Crippen LogP contribution is 2.45. The van der Waals surface area contributed by atoms with Gasteiger partial charge >= 0.3 is 0 Å². The Bertz CT molecular complexity index is 3880. The average Bonchev–Trinajstić information content (AvgIpc) is 3.91. The molecule has 3 heterocycles. The molecule has 0 bridgehead atoms. The van der Waals surface area contributed by atoms with Crippen molar-refractivity contribution in [1.29, 1.82) is 0 Å². The molecule has 5 nitrogen and oxygen atoms in total. The summed E-state index contributed by atoms with van der Waals surface area (Å²) in [4.78, 5) is 16.0. The maximum Gasteiger partial charge on any atom is 0.238 e. The van der Waals surface area contributed by atoms with Gasteiger partial charge in [0.2, 0.25) is 5.95 Å². The second-order valence-corrected chi connectivity index (χ2v) is 17.7. The Morgan fingerprint density at radius 1 is 0.299 bits per heavy atom. The minimum atomic E-state index is 0.556. The van der Waals surface area contributed by atoms with E-state index in [9.17, 15) is 0 Å². The fourth-order valence-corrected chi connectivity index (χ4v) is 10.5. The van der Waals surface area contributed by atoms with Gasteiger partial charge in [-0.3, -0.25) is 4.57 Å². The zero-order chi connectivity index (χ0) is 45.3. The van der Waals surface area contributed by atoms with E-state index in [2.05, 4.69) is 218 Å². The first kappa shape index (κ1) is 40.4. The summed E-state index contributed by atoms with van der Waals surface area (Å²) in [7, 11) is 11.4. The van der Waals surface area contributed by atoms with E-state index in [1.165, 1.54) is 49.4 Å². The minimum Gasteiger partial charge on any atom is -0.307 e. The van der Waals surface area contributed by atoms with E-state index in [-0.39, 0.29) is 0 Å². The van der Waals surface area contributed by atoms with Crippen molar-refractivity contribution in [1.82, 2.24) is 24.1 Å². The molecule has 12 aromatic rings. The Morgan fingerprint density at radius 2 is 0.731 bits per heavy atom. The molecule has 3 aromatic heterocycles. The highest BCUT2D eigenvalue weighted by Gasteiger charge is 2.26. The van der Waals surface area contributed by atoms with Crippen LogP contribution in [-0.2, 0) is 0 Å². The first-order chi connectivity index (χ1) is 32.9. The Balaban J connectivity index is 1.20. The molecule has 0 saturated carbocycles. The molecule has 0 fully saturated rings. The van der Waals surface area contributed by atoms with E-state index in [0.29, 0.717) is 17.6 Å². The summed E-state index contributed by atoms with van der Waals surface area (Å²) in [5.41, 5.74) is 21.0. The summed E-state index contributed by atoms with van der Waals surface area (Å²) in [5.74, 6) is 1.77. The van der Waals surface area contributed by atoms with Crippen LogP contribution >= 0.6 is 0 Å². The van der Waals surface area contributed by atoms with Gasteiger partial charge in [0.1, 0.15) is 39.2 Å². The molecule has 0 radical (unpaired) electrons. The number of para-hydroxylation sites is 2. The summed E-state index contributed by atoms with van der Waals surface area (Å²) in [6.07, 6.45) is 0. The standard InChI is InChI=1S/C57H42B5N5/c58-48-47(49(59)51(61)52(62)50(48)60)42-23-14-26-45(46(42)35-17-6-2-7-18-35)66-43-24-12-10-21-38(43)40-31-32-41-39-22-11-13-25-44(39)67(54(41)53(40)66)57-64-55(36-19-8-3-9-20-36)63-56(65-57)37-29-27-34(28-30-37)33-15-4-1-5-16-33/h1-32H,58-62H2. The van der Waals surface area contributed by atoms with Gasteiger partial charge in [-0.15, -0.1) is 16.4 Å². The third-order valence-corrected chi connectivity index (χ3v) is 14.2. The van der Waals surface area contributed by atoms with Crippen LogP contribution in [0.1, 0.15) is 0 Å². The molecule has 0 aliphatic heterocycles. The quantitative estimate of drug-likeness (QED) is 0.194. The van der Waals surface area contributed by atoms with Crippen molar-refractivity contribution in [2.24, 2.45) is 0 Å². The minimum absolute atomic E-state index is 0.556. The third-order valence-electron chi connectivity index (χ3n) is 14.2. The lowest BCUT2D eigenvalue weighted by molar-refractivity contribution is 0.953. The molecule has 0 saturated heterocycles. The summed E-state index contributed by atoms with van der Waals surface area (Å²) in [6, 6.07) is 69.1. The average molecular weight is 851 g/mol.